The summed E-state index contributed by atoms with van der Waals surface area (Å²) in [5.74, 6) is 0. The van der Waals surface area contributed by atoms with Crippen molar-refractivity contribution >= 4 is 28.1 Å². The van der Waals surface area contributed by atoms with Gasteiger partial charge in [-0.25, -0.2) is 4.98 Å². The van der Waals surface area contributed by atoms with E-state index >= 15 is 0 Å². The molecule has 0 spiro atoms. The molecule has 0 unspecified atom stereocenters. The Morgan fingerprint density at radius 2 is 2.24 bits per heavy atom. The lowest BCUT2D eigenvalue weighted by Crippen LogP contribution is -2.22. The van der Waals surface area contributed by atoms with Crippen LogP contribution in [-0.2, 0) is 13.6 Å². The molecule has 1 N–H and O–H groups in total. The van der Waals surface area contributed by atoms with Gasteiger partial charge >= 0.3 is 0 Å². The molecule has 0 fully saturated rings. The van der Waals surface area contributed by atoms with Gasteiger partial charge in [-0.2, -0.15) is 5.10 Å². The molecule has 3 aromatic heterocycles. The summed E-state index contributed by atoms with van der Waals surface area (Å²) in [7, 11) is 1.97. The van der Waals surface area contributed by atoms with E-state index in [1.54, 1.807) is 23.1 Å². The largest absolute Gasteiger partial charge is 0.309 e. The number of aryl methyl sites for hydroxylation is 2. The van der Waals surface area contributed by atoms with E-state index in [1.807, 2.05) is 18.7 Å². The molecule has 0 aliphatic rings. The van der Waals surface area contributed by atoms with Crippen molar-refractivity contribution in [2.75, 3.05) is 0 Å². The molecule has 0 amide bonds. The summed E-state index contributed by atoms with van der Waals surface area (Å²) in [5.41, 5.74) is 2.24. The highest BCUT2D eigenvalue weighted by Crippen LogP contribution is 2.32. The van der Waals surface area contributed by atoms with Crippen LogP contribution in [0.25, 0.3) is 4.96 Å². The molecule has 0 saturated heterocycles. The number of hydrogen-bond donors (Lipinski definition) is 1. The zero-order chi connectivity index (χ0) is 15.0. The molecule has 21 heavy (non-hydrogen) atoms. The standard InChI is InChI=1S/C14H19N5S2/c1-9(2)15-8-11-13(16-14-19(11)5-6-20-14)21-12-7-10(3)17-18(12)4/h5-7,9,15H,8H2,1-4H3. The van der Waals surface area contributed by atoms with Crippen LogP contribution in [0.4, 0.5) is 0 Å². The molecule has 3 rings (SSSR count). The summed E-state index contributed by atoms with van der Waals surface area (Å²) in [6.07, 6.45) is 2.09. The van der Waals surface area contributed by atoms with Gasteiger partial charge in [0.25, 0.3) is 0 Å². The zero-order valence-electron chi connectivity index (χ0n) is 12.6. The monoisotopic (exact) mass is 321 g/mol. The first-order valence-corrected chi connectivity index (χ1v) is 8.60. The molecule has 112 valence electrons. The van der Waals surface area contributed by atoms with Crippen LogP contribution in [0, 0.1) is 6.92 Å². The first kappa shape index (κ1) is 14.6. The van der Waals surface area contributed by atoms with Gasteiger partial charge in [-0.3, -0.25) is 9.08 Å². The fourth-order valence-corrected chi connectivity index (χ4v) is 3.95. The smallest absolute Gasteiger partial charge is 0.194 e. The van der Waals surface area contributed by atoms with Crippen LogP contribution in [-0.4, -0.2) is 25.2 Å². The first-order valence-electron chi connectivity index (χ1n) is 6.91. The number of rotatable bonds is 5. The Balaban J connectivity index is 1.95. The van der Waals surface area contributed by atoms with E-state index in [0.717, 1.165) is 27.3 Å². The second-order valence-corrected chi connectivity index (χ2v) is 7.19. The third-order valence-corrected chi connectivity index (χ3v) is 5.03. The van der Waals surface area contributed by atoms with Crippen molar-refractivity contribution < 1.29 is 0 Å². The van der Waals surface area contributed by atoms with Crippen molar-refractivity contribution in [3.05, 3.63) is 29.0 Å². The summed E-state index contributed by atoms with van der Waals surface area (Å²) in [6.45, 7) is 7.14. The van der Waals surface area contributed by atoms with Gasteiger partial charge in [-0.15, -0.1) is 11.3 Å². The Kier molecular flexibility index (Phi) is 4.05. The van der Waals surface area contributed by atoms with Crippen molar-refractivity contribution in [3.63, 3.8) is 0 Å². The molecule has 3 aromatic rings. The predicted molar refractivity (Wildman–Crippen MR) is 87.1 cm³/mol. The van der Waals surface area contributed by atoms with Crippen molar-refractivity contribution in [1.29, 1.82) is 0 Å². The Hall–Kier alpha value is -1.31. The fourth-order valence-electron chi connectivity index (χ4n) is 2.14. The zero-order valence-corrected chi connectivity index (χ0v) is 14.3. The van der Waals surface area contributed by atoms with Crippen LogP contribution in [0.15, 0.2) is 27.7 Å². The van der Waals surface area contributed by atoms with E-state index in [9.17, 15) is 0 Å². The summed E-state index contributed by atoms with van der Waals surface area (Å²) < 4.78 is 4.08. The number of aromatic nitrogens is 4. The van der Waals surface area contributed by atoms with Crippen LogP contribution in [0.3, 0.4) is 0 Å². The quantitative estimate of drug-likeness (QED) is 0.784. The summed E-state index contributed by atoms with van der Waals surface area (Å²) in [6, 6.07) is 2.54. The summed E-state index contributed by atoms with van der Waals surface area (Å²) in [5, 5.41) is 12.1. The molecule has 0 aliphatic carbocycles. The van der Waals surface area contributed by atoms with E-state index in [0.29, 0.717) is 6.04 Å². The van der Waals surface area contributed by atoms with E-state index in [4.69, 9.17) is 4.98 Å². The van der Waals surface area contributed by atoms with E-state index < -0.39 is 0 Å². The lowest BCUT2D eigenvalue weighted by Gasteiger charge is -2.09. The number of hydrogen-bond acceptors (Lipinski definition) is 5. The van der Waals surface area contributed by atoms with Crippen LogP contribution in [0.2, 0.25) is 0 Å². The number of nitrogens with zero attached hydrogens (tertiary/aromatic N) is 4. The van der Waals surface area contributed by atoms with Gasteiger partial charge in [-0.05, 0) is 24.8 Å². The molecule has 0 atom stereocenters. The van der Waals surface area contributed by atoms with Crippen LogP contribution in [0.5, 0.6) is 0 Å². The second-order valence-electron chi connectivity index (χ2n) is 5.30. The SMILES string of the molecule is Cc1cc(Sc2nc3sccn3c2CNC(C)C)n(C)n1. The lowest BCUT2D eigenvalue weighted by molar-refractivity contribution is 0.574. The number of fused-ring (bicyclic) bond motifs is 1. The number of thiazole rings is 1. The lowest BCUT2D eigenvalue weighted by atomic mass is 10.3. The van der Waals surface area contributed by atoms with E-state index in [-0.39, 0.29) is 0 Å². The van der Waals surface area contributed by atoms with Gasteiger partial charge in [0, 0.05) is 31.2 Å². The van der Waals surface area contributed by atoms with Crippen LogP contribution >= 0.6 is 23.1 Å². The van der Waals surface area contributed by atoms with Crippen molar-refractivity contribution in [3.8, 4) is 0 Å². The maximum absolute atomic E-state index is 4.76. The van der Waals surface area contributed by atoms with Gasteiger partial charge in [-0.1, -0.05) is 13.8 Å². The maximum Gasteiger partial charge on any atom is 0.194 e. The normalized spacial score (nSPS) is 11.9. The van der Waals surface area contributed by atoms with Gasteiger partial charge in [0.15, 0.2) is 4.96 Å². The predicted octanol–water partition coefficient (Wildman–Crippen LogP) is 3.09. The average Bonchev–Trinajstić information content (AvgIpc) is 3.04. The topological polar surface area (TPSA) is 47.1 Å². The first-order chi connectivity index (χ1) is 10.0. The highest BCUT2D eigenvalue weighted by molar-refractivity contribution is 7.99. The Morgan fingerprint density at radius 1 is 1.43 bits per heavy atom. The minimum absolute atomic E-state index is 0.450. The van der Waals surface area contributed by atoms with Crippen molar-refractivity contribution in [1.82, 2.24) is 24.5 Å². The minimum atomic E-state index is 0.450. The number of imidazole rings is 1. The van der Waals surface area contributed by atoms with E-state index in [1.165, 1.54) is 5.69 Å². The second kappa shape index (κ2) is 5.82. The minimum Gasteiger partial charge on any atom is -0.309 e. The maximum atomic E-state index is 4.76. The van der Waals surface area contributed by atoms with Crippen molar-refractivity contribution in [2.24, 2.45) is 7.05 Å². The Labute approximate surface area is 132 Å². The molecular formula is C14H19N5S2. The molecule has 5 nitrogen and oxygen atoms in total. The van der Waals surface area contributed by atoms with Gasteiger partial charge in [0.05, 0.1) is 11.4 Å². The average molecular weight is 321 g/mol. The van der Waals surface area contributed by atoms with Crippen LogP contribution < -0.4 is 5.32 Å². The highest BCUT2D eigenvalue weighted by Gasteiger charge is 2.16. The van der Waals surface area contributed by atoms with Crippen LogP contribution in [0.1, 0.15) is 25.2 Å². The highest BCUT2D eigenvalue weighted by atomic mass is 32.2. The molecule has 0 aromatic carbocycles. The van der Waals surface area contributed by atoms with E-state index in [2.05, 4.69) is 46.3 Å². The molecule has 0 radical (unpaired) electrons. The Bertz CT molecular complexity index is 753. The summed E-state index contributed by atoms with van der Waals surface area (Å²) >= 11 is 3.34. The molecule has 7 heteroatoms. The molecule has 0 bridgehead atoms. The third kappa shape index (κ3) is 3.00. The molecule has 0 aliphatic heterocycles. The molecular weight excluding hydrogens is 302 g/mol. The third-order valence-electron chi connectivity index (χ3n) is 3.16. The van der Waals surface area contributed by atoms with Gasteiger partial charge in [0.1, 0.15) is 10.1 Å². The number of nitrogens with one attached hydrogen (secondary N) is 1. The van der Waals surface area contributed by atoms with Gasteiger partial charge < -0.3 is 5.32 Å². The van der Waals surface area contributed by atoms with Crippen molar-refractivity contribution in [2.45, 2.75) is 43.4 Å². The molecule has 3 heterocycles. The summed E-state index contributed by atoms with van der Waals surface area (Å²) in [4.78, 5) is 5.80. The van der Waals surface area contributed by atoms with Gasteiger partial charge in [0.2, 0.25) is 0 Å². The fraction of sp³-hybridized carbons (Fsp3) is 0.429. The molecule has 0 saturated carbocycles. The Morgan fingerprint density at radius 3 is 2.90 bits per heavy atom.